The largest absolute Gasteiger partial charge is 0.438 e. The van der Waals surface area contributed by atoms with Crippen molar-refractivity contribution >= 4 is 32.8 Å². The van der Waals surface area contributed by atoms with Gasteiger partial charge in [-0.1, -0.05) is 39.3 Å². The fraction of sp³-hybridized carbons (Fsp3) is 0.714. The summed E-state index contributed by atoms with van der Waals surface area (Å²) in [6, 6.07) is 0. The normalized spacial score (nSPS) is 13.2. The first-order valence-electron chi connectivity index (χ1n) is 6.91. The standard InChI is InChI=1S/C14H30OSi4/c1-16(2,3)11-13-18(7,8)15-19(9,10)14-12-17(4,5)6/h1-10H3. The maximum Gasteiger partial charge on any atom is 0.255 e. The molecule has 108 valence electrons. The van der Waals surface area contributed by atoms with E-state index in [9.17, 15) is 0 Å². The Labute approximate surface area is 124 Å². The number of rotatable bonds is 2. The molecule has 0 aliphatic heterocycles. The van der Waals surface area contributed by atoms with Crippen LogP contribution in [0.5, 0.6) is 0 Å². The zero-order valence-corrected chi connectivity index (χ0v) is 18.4. The predicted molar refractivity (Wildman–Crippen MR) is 98.3 cm³/mol. The zero-order chi connectivity index (χ0) is 15.5. The summed E-state index contributed by atoms with van der Waals surface area (Å²) in [6.07, 6.45) is 0. The lowest BCUT2D eigenvalue weighted by molar-refractivity contribution is 0.576. The molecule has 0 fully saturated rings. The van der Waals surface area contributed by atoms with Crippen LogP contribution in [-0.2, 0) is 4.12 Å². The van der Waals surface area contributed by atoms with Gasteiger partial charge < -0.3 is 4.12 Å². The summed E-state index contributed by atoms with van der Waals surface area (Å²) < 4.78 is 6.39. The van der Waals surface area contributed by atoms with Gasteiger partial charge >= 0.3 is 0 Å². The lowest BCUT2D eigenvalue weighted by Crippen LogP contribution is -2.43. The number of hydrogen-bond acceptors (Lipinski definition) is 1. The van der Waals surface area contributed by atoms with Gasteiger partial charge in [0.25, 0.3) is 16.6 Å². The van der Waals surface area contributed by atoms with E-state index < -0.39 is 32.8 Å². The molecule has 0 aromatic rings. The lowest BCUT2D eigenvalue weighted by Gasteiger charge is -2.27. The summed E-state index contributed by atoms with van der Waals surface area (Å²) in [7, 11) is -6.42. The highest BCUT2D eigenvalue weighted by atomic mass is 28.4. The van der Waals surface area contributed by atoms with E-state index in [-0.39, 0.29) is 0 Å². The van der Waals surface area contributed by atoms with Gasteiger partial charge in [0.1, 0.15) is 16.1 Å². The second-order valence-corrected chi connectivity index (χ2v) is 25.0. The number of hydrogen-bond donors (Lipinski definition) is 0. The lowest BCUT2D eigenvalue weighted by atomic mass is 11.4. The van der Waals surface area contributed by atoms with Crippen molar-refractivity contribution in [1.29, 1.82) is 0 Å². The van der Waals surface area contributed by atoms with E-state index in [4.69, 9.17) is 4.12 Å². The fourth-order valence-corrected chi connectivity index (χ4v) is 12.3. The molecule has 5 heteroatoms. The van der Waals surface area contributed by atoms with E-state index in [2.05, 4.69) is 87.6 Å². The van der Waals surface area contributed by atoms with Crippen LogP contribution in [0.4, 0.5) is 0 Å². The van der Waals surface area contributed by atoms with Crippen molar-refractivity contribution in [3.05, 3.63) is 0 Å². The van der Waals surface area contributed by atoms with Crippen LogP contribution in [-0.4, -0.2) is 32.8 Å². The van der Waals surface area contributed by atoms with Crippen LogP contribution in [0.15, 0.2) is 0 Å². The van der Waals surface area contributed by atoms with E-state index in [1.165, 1.54) is 0 Å². The van der Waals surface area contributed by atoms with Crippen LogP contribution in [0.1, 0.15) is 0 Å². The van der Waals surface area contributed by atoms with Crippen molar-refractivity contribution in [1.82, 2.24) is 0 Å². The highest BCUT2D eigenvalue weighted by Gasteiger charge is 2.31. The van der Waals surface area contributed by atoms with Crippen LogP contribution < -0.4 is 0 Å². The zero-order valence-electron chi connectivity index (χ0n) is 14.4. The monoisotopic (exact) mass is 326 g/mol. The molecule has 0 atom stereocenters. The fourth-order valence-electron chi connectivity index (χ4n) is 1.36. The average molecular weight is 327 g/mol. The summed E-state index contributed by atoms with van der Waals surface area (Å²) in [4.78, 5) is 0. The summed E-state index contributed by atoms with van der Waals surface area (Å²) in [5.74, 6) is 0. The molecule has 0 saturated heterocycles. The Kier molecular flexibility index (Phi) is 6.13. The van der Waals surface area contributed by atoms with Gasteiger partial charge in [0.2, 0.25) is 0 Å². The van der Waals surface area contributed by atoms with Crippen LogP contribution in [0.2, 0.25) is 65.5 Å². The maximum atomic E-state index is 6.39. The molecule has 0 amide bonds. The second kappa shape index (κ2) is 6.15. The molecule has 0 radical (unpaired) electrons. The van der Waals surface area contributed by atoms with Crippen molar-refractivity contribution in [2.24, 2.45) is 0 Å². The van der Waals surface area contributed by atoms with Gasteiger partial charge in [-0.05, 0) is 26.2 Å². The Balaban J connectivity index is 4.99. The Morgan fingerprint density at radius 3 is 0.947 bits per heavy atom. The van der Waals surface area contributed by atoms with Gasteiger partial charge in [-0.25, -0.2) is 0 Å². The molecule has 0 bridgehead atoms. The molecule has 0 unspecified atom stereocenters. The van der Waals surface area contributed by atoms with Gasteiger partial charge in [0.15, 0.2) is 0 Å². The molecule has 0 spiro atoms. The Hall–Kier alpha value is -0.0525. The van der Waals surface area contributed by atoms with Gasteiger partial charge in [0.05, 0.1) is 0 Å². The maximum absolute atomic E-state index is 6.39. The van der Waals surface area contributed by atoms with Crippen molar-refractivity contribution in [3.8, 4) is 22.2 Å². The summed E-state index contributed by atoms with van der Waals surface area (Å²) in [5, 5.41) is 0. The topological polar surface area (TPSA) is 9.23 Å². The van der Waals surface area contributed by atoms with Gasteiger partial charge in [-0.15, -0.1) is 22.2 Å². The smallest absolute Gasteiger partial charge is 0.255 e. The minimum atomic E-state index is -1.90. The highest BCUT2D eigenvalue weighted by Crippen LogP contribution is 2.14. The Morgan fingerprint density at radius 2 is 0.737 bits per heavy atom. The predicted octanol–water partition coefficient (Wildman–Crippen LogP) is 4.25. The molecule has 1 nitrogen and oxygen atoms in total. The van der Waals surface area contributed by atoms with Crippen LogP contribution in [0, 0.1) is 22.2 Å². The van der Waals surface area contributed by atoms with Gasteiger partial charge in [0, 0.05) is 0 Å². The molecule has 19 heavy (non-hydrogen) atoms. The summed E-state index contributed by atoms with van der Waals surface area (Å²) >= 11 is 0. The van der Waals surface area contributed by atoms with Crippen molar-refractivity contribution in [2.45, 2.75) is 65.5 Å². The molecule has 0 rings (SSSR count). The van der Waals surface area contributed by atoms with E-state index in [1.807, 2.05) is 0 Å². The first kappa shape index (κ1) is 18.9. The molecular formula is C14H30OSi4. The highest BCUT2D eigenvalue weighted by molar-refractivity contribution is 6.95. The Bertz CT molecular complexity index is 389. The first-order chi connectivity index (χ1) is 8.12. The van der Waals surface area contributed by atoms with E-state index in [1.54, 1.807) is 0 Å². The van der Waals surface area contributed by atoms with Gasteiger partial charge in [-0.3, -0.25) is 0 Å². The minimum Gasteiger partial charge on any atom is -0.438 e. The first-order valence-corrected chi connectivity index (χ1v) is 19.7. The van der Waals surface area contributed by atoms with Crippen molar-refractivity contribution in [3.63, 3.8) is 0 Å². The van der Waals surface area contributed by atoms with Crippen molar-refractivity contribution < 1.29 is 4.12 Å². The SMILES string of the molecule is C[Si](C)(C)C#C[Si](C)(C)O[Si](C)(C)C#C[Si](C)(C)C. The van der Waals surface area contributed by atoms with Crippen LogP contribution in [0.3, 0.4) is 0 Å². The average Bonchev–Trinajstić information content (AvgIpc) is 2.09. The van der Waals surface area contributed by atoms with Crippen molar-refractivity contribution in [2.75, 3.05) is 0 Å². The van der Waals surface area contributed by atoms with Crippen LogP contribution in [0.25, 0.3) is 0 Å². The molecule has 0 N–H and O–H groups in total. The molecule has 0 aromatic heterocycles. The third-order valence-electron chi connectivity index (χ3n) is 1.99. The van der Waals surface area contributed by atoms with Gasteiger partial charge in [-0.2, -0.15) is 0 Å². The molecule has 0 aliphatic rings. The van der Waals surface area contributed by atoms with E-state index in [0.717, 1.165) is 0 Å². The van der Waals surface area contributed by atoms with Crippen LogP contribution >= 0.6 is 0 Å². The summed E-state index contributed by atoms with van der Waals surface area (Å²) in [5.41, 5.74) is 13.8. The Morgan fingerprint density at radius 1 is 0.474 bits per heavy atom. The molecular weight excluding hydrogens is 296 g/mol. The third kappa shape index (κ3) is 11.5. The van der Waals surface area contributed by atoms with E-state index in [0.29, 0.717) is 0 Å². The summed E-state index contributed by atoms with van der Waals surface area (Å²) in [6.45, 7) is 22.5. The minimum absolute atomic E-state index is 1.31. The van der Waals surface area contributed by atoms with E-state index >= 15 is 0 Å². The molecule has 0 aromatic carbocycles. The second-order valence-electron chi connectivity index (χ2n) is 8.12. The molecule has 0 saturated carbocycles. The molecule has 0 aliphatic carbocycles. The third-order valence-corrected chi connectivity index (χ3v) is 9.77. The quantitative estimate of drug-likeness (QED) is 0.544. The molecule has 0 heterocycles.